The molecule has 2 heterocycles. The summed E-state index contributed by atoms with van der Waals surface area (Å²) in [4.78, 5) is 12.1. The van der Waals surface area contributed by atoms with Crippen LogP contribution in [-0.4, -0.2) is 38.9 Å². The van der Waals surface area contributed by atoms with Gasteiger partial charge in [-0.2, -0.15) is 0 Å². The number of nitrogens with one attached hydrogen (secondary N) is 1. The van der Waals surface area contributed by atoms with Crippen molar-refractivity contribution in [1.82, 2.24) is 5.32 Å². The zero-order valence-electron chi connectivity index (χ0n) is 10.7. The molecule has 0 aliphatic carbocycles. The Labute approximate surface area is 103 Å². The third-order valence-electron chi connectivity index (χ3n) is 3.88. The highest BCUT2D eigenvalue weighted by atomic mass is 16.5. The maximum Gasteiger partial charge on any atom is 0.313 e. The van der Waals surface area contributed by atoms with E-state index in [1.165, 1.54) is 0 Å². The van der Waals surface area contributed by atoms with E-state index in [0.29, 0.717) is 12.5 Å². The van der Waals surface area contributed by atoms with Crippen LogP contribution >= 0.6 is 0 Å². The van der Waals surface area contributed by atoms with Gasteiger partial charge in [0.15, 0.2) is 0 Å². The first kappa shape index (κ1) is 12.8. The summed E-state index contributed by atoms with van der Waals surface area (Å²) >= 11 is 0. The van der Waals surface area contributed by atoms with Crippen molar-refractivity contribution in [3.8, 4) is 0 Å². The summed E-state index contributed by atoms with van der Waals surface area (Å²) in [6.07, 6.45) is 4.03. The first-order chi connectivity index (χ1) is 8.21. The zero-order valence-corrected chi connectivity index (χ0v) is 10.7. The molecule has 0 saturated carbocycles. The van der Waals surface area contributed by atoms with E-state index in [1.807, 2.05) is 6.92 Å². The molecule has 2 aliphatic heterocycles. The van der Waals surface area contributed by atoms with Crippen LogP contribution in [0.2, 0.25) is 0 Å². The fraction of sp³-hybridized carbons (Fsp3) is 0.923. The molecule has 1 atom stereocenters. The molecule has 0 aromatic rings. The van der Waals surface area contributed by atoms with Crippen molar-refractivity contribution >= 4 is 5.97 Å². The molecule has 0 radical (unpaired) electrons. The van der Waals surface area contributed by atoms with E-state index in [4.69, 9.17) is 9.47 Å². The Kier molecular flexibility index (Phi) is 4.40. The Bertz CT molecular complexity index is 255. The van der Waals surface area contributed by atoms with E-state index in [1.54, 1.807) is 0 Å². The van der Waals surface area contributed by atoms with Crippen LogP contribution in [0.15, 0.2) is 0 Å². The molecular formula is C13H23NO3. The second-order valence-corrected chi connectivity index (χ2v) is 5.50. The standard InChI is InChI=1S/C13H23NO3/c1-13(5-2-6-14-10-13)12(15)17-9-11-3-7-16-8-4-11/h11,14H,2-10H2,1H3. The number of carbonyl (C=O) groups excluding carboxylic acids is 1. The highest BCUT2D eigenvalue weighted by molar-refractivity contribution is 5.76. The largest absolute Gasteiger partial charge is 0.465 e. The summed E-state index contributed by atoms with van der Waals surface area (Å²) in [6.45, 7) is 5.95. The lowest BCUT2D eigenvalue weighted by atomic mass is 9.83. The molecule has 2 fully saturated rings. The van der Waals surface area contributed by atoms with E-state index >= 15 is 0 Å². The van der Waals surface area contributed by atoms with Gasteiger partial charge >= 0.3 is 5.97 Å². The molecule has 1 unspecified atom stereocenters. The molecule has 0 spiro atoms. The molecule has 1 N–H and O–H groups in total. The van der Waals surface area contributed by atoms with Crippen molar-refractivity contribution in [2.75, 3.05) is 32.9 Å². The number of hydrogen-bond donors (Lipinski definition) is 1. The van der Waals surface area contributed by atoms with Gasteiger partial charge in [0.1, 0.15) is 0 Å². The lowest BCUT2D eigenvalue weighted by Gasteiger charge is -2.32. The number of ether oxygens (including phenoxy) is 2. The molecular weight excluding hydrogens is 218 g/mol. The SMILES string of the molecule is CC1(C(=O)OCC2CCOCC2)CCCNC1. The predicted molar refractivity (Wildman–Crippen MR) is 64.7 cm³/mol. The zero-order chi connectivity index (χ0) is 12.1. The number of carbonyl (C=O) groups is 1. The minimum absolute atomic E-state index is 0.0313. The number of rotatable bonds is 3. The van der Waals surface area contributed by atoms with Gasteiger partial charge in [0.2, 0.25) is 0 Å². The molecule has 2 aliphatic rings. The van der Waals surface area contributed by atoms with E-state index in [0.717, 1.165) is 52.0 Å². The van der Waals surface area contributed by atoms with Crippen molar-refractivity contribution < 1.29 is 14.3 Å². The van der Waals surface area contributed by atoms with Gasteiger partial charge in [0.05, 0.1) is 12.0 Å². The van der Waals surface area contributed by atoms with Crippen LogP contribution in [0.1, 0.15) is 32.6 Å². The van der Waals surface area contributed by atoms with Crippen molar-refractivity contribution in [1.29, 1.82) is 0 Å². The summed E-state index contributed by atoms with van der Waals surface area (Å²) in [5.74, 6) is 0.462. The Morgan fingerprint density at radius 1 is 1.47 bits per heavy atom. The van der Waals surface area contributed by atoms with Crippen molar-refractivity contribution in [3.63, 3.8) is 0 Å². The summed E-state index contributed by atoms with van der Waals surface area (Å²) in [7, 11) is 0. The van der Waals surface area contributed by atoms with Gasteiger partial charge in [0.25, 0.3) is 0 Å². The Balaban J connectivity index is 1.75. The molecule has 2 rings (SSSR count). The average molecular weight is 241 g/mol. The van der Waals surface area contributed by atoms with E-state index < -0.39 is 0 Å². The number of piperidine rings is 1. The Morgan fingerprint density at radius 2 is 2.24 bits per heavy atom. The van der Waals surface area contributed by atoms with Crippen LogP contribution in [0.4, 0.5) is 0 Å². The monoisotopic (exact) mass is 241 g/mol. The van der Waals surface area contributed by atoms with E-state index in [2.05, 4.69) is 5.32 Å². The van der Waals surface area contributed by atoms with Crippen LogP contribution < -0.4 is 5.32 Å². The van der Waals surface area contributed by atoms with Gasteiger partial charge in [-0.1, -0.05) is 0 Å². The van der Waals surface area contributed by atoms with Gasteiger partial charge in [-0.05, 0) is 45.1 Å². The van der Waals surface area contributed by atoms with E-state index in [-0.39, 0.29) is 11.4 Å². The normalized spacial score (nSPS) is 31.1. The van der Waals surface area contributed by atoms with Crippen molar-refractivity contribution in [3.05, 3.63) is 0 Å². The topological polar surface area (TPSA) is 47.6 Å². The Morgan fingerprint density at radius 3 is 2.88 bits per heavy atom. The maximum atomic E-state index is 12.1. The minimum Gasteiger partial charge on any atom is -0.465 e. The van der Waals surface area contributed by atoms with Crippen LogP contribution in [0.5, 0.6) is 0 Å². The van der Waals surface area contributed by atoms with Crippen molar-refractivity contribution in [2.45, 2.75) is 32.6 Å². The minimum atomic E-state index is -0.316. The third-order valence-corrected chi connectivity index (χ3v) is 3.88. The molecule has 0 bridgehead atoms. The van der Waals surface area contributed by atoms with Crippen molar-refractivity contribution in [2.24, 2.45) is 11.3 Å². The second kappa shape index (κ2) is 5.83. The third kappa shape index (κ3) is 3.42. The highest BCUT2D eigenvalue weighted by Gasteiger charge is 2.36. The molecule has 4 heteroatoms. The molecule has 0 aromatic heterocycles. The highest BCUT2D eigenvalue weighted by Crippen LogP contribution is 2.27. The molecule has 0 aromatic carbocycles. The van der Waals surface area contributed by atoms with Crippen LogP contribution in [0, 0.1) is 11.3 Å². The first-order valence-electron chi connectivity index (χ1n) is 6.66. The average Bonchev–Trinajstić information content (AvgIpc) is 2.38. The second-order valence-electron chi connectivity index (χ2n) is 5.50. The maximum absolute atomic E-state index is 12.1. The lowest BCUT2D eigenvalue weighted by molar-refractivity contribution is -0.158. The lowest BCUT2D eigenvalue weighted by Crippen LogP contribution is -2.44. The quantitative estimate of drug-likeness (QED) is 0.758. The van der Waals surface area contributed by atoms with Gasteiger partial charge < -0.3 is 14.8 Å². The summed E-state index contributed by atoms with van der Waals surface area (Å²) in [5, 5.41) is 3.27. The number of esters is 1. The van der Waals surface area contributed by atoms with Gasteiger partial charge in [-0.15, -0.1) is 0 Å². The summed E-state index contributed by atoms with van der Waals surface area (Å²) in [6, 6.07) is 0. The number of hydrogen-bond acceptors (Lipinski definition) is 4. The fourth-order valence-electron chi connectivity index (χ4n) is 2.51. The van der Waals surface area contributed by atoms with Crippen LogP contribution in [-0.2, 0) is 14.3 Å². The van der Waals surface area contributed by atoms with Gasteiger partial charge in [-0.25, -0.2) is 0 Å². The van der Waals surface area contributed by atoms with Gasteiger partial charge in [-0.3, -0.25) is 4.79 Å². The summed E-state index contributed by atoms with van der Waals surface area (Å²) < 4.78 is 10.8. The van der Waals surface area contributed by atoms with Crippen LogP contribution in [0.3, 0.4) is 0 Å². The van der Waals surface area contributed by atoms with E-state index in [9.17, 15) is 4.79 Å². The summed E-state index contributed by atoms with van der Waals surface area (Å²) in [5.41, 5.74) is -0.316. The predicted octanol–water partition coefficient (Wildman–Crippen LogP) is 1.35. The molecule has 17 heavy (non-hydrogen) atoms. The molecule has 4 nitrogen and oxygen atoms in total. The molecule has 2 saturated heterocycles. The molecule has 0 amide bonds. The molecule has 98 valence electrons. The van der Waals surface area contributed by atoms with Gasteiger partial charge in [0, 0.05) is 19.8 Å². The fourth-order valence-corrected chi connectivity index (χ4v) is 2.51. The first-order valence-corrected chi connectivity index (χ1v) is 6.66. The van der Waals surface area contributed by atoms with Crippen LogP contribution in [0.25, 0.3) is 0 Å². The smallest absolute Gasteiger partial charge is 0.313 e. The Hall–Kier alpha value is -0.610.